The van der Waals surface area contributed by atoms with E-state index in [0.29, 0.717) is 6.54 Å². The lowest BCUT2D eigenvalue weighted by atomic mass is 10.0. The third-order valence-corrected chi connectivity index (χ3v) is 5.91. The van der Waals surface area contributed by atoms with Crippen molar-refractivity contribution in [2.45, 2.75) is 6.04 Å². The number of benzene rings is 2. The van der Waals surface area contributed by atoms with E-state index in [4.69, 9.17) is 9.73 Å². The molecule has 160 valence electrons. The van der Waals surface area contributed by atoms with E-state index >= 15 is 0 Å². The number of nitrogens with one attached hydrogen (secondary N) is 1. The van der Waals surface area contributed by atoms with Crippen LogP contribution in [0.5, 0.6) is 0 Å². The SMILES string of the molecule is CN(C)c1cccc(NC2=NC=CN3C2=NCC3c2ccccc2N2CCOCC2)c1. The van der Waals surface area contributed by atoms with Gasteiger partial charge in [-0.25, -0.2) is 4.99 Å². The molecule has 0 radical (unpaired) electrons. The van der Waals surface area contributed by atoms with Gasteiger partial charge in [0, 0.05) is 62.2 Å². The van der Waals surface area contributed by atoms with E-state index in [9.17, 15) is 0 Å². The number of aliphatic imine (C=N–C) groups is 2. The summed E-state index contributed by atoms with van der Waals surface area (Å²) in [5.74, 6) is 1.67. The molecule has 1 N–H and O–H groups in total. The summed E-state index contributed by atoms with van der Waals surface area (Å²) in [6.45, 7) is 4.10. The van der Waals surface area contributed by atoms with Gasteiger partial charge in [-0.2, -0.15) is 0 Å². The molecule has 31 heavy (non-hydrogen) atoms. The van der Waals surface area contributed by atoms with Gasteiger partial charge < -0.3 is 24.8 Å². The van der Waals surface area contributed by atoms with Crippen LogP contribution in [-0.4, -0.2) is 63.5 Å². The van der Waals surface area contributed by atoms with Gasteiger partial charge in [0.1, 0.15) is 0 Å². The molecule has 1 atom stereocenters. The quantitative estimate of drug-likeness (QED) is 0.829. The van der Waals surface area contributed by atoms with Crippen LogP contribution >= 0.6 is 0 Å². The summed E-state index contributed by atoms with van der Waals surface area (Å²) in [5.41, 5.74) is 4.71. The van der Waals surface area contributed by atoms with E-state index in [1.807, 2.05) is 32.6 Å². The molecule has 0 saturated carbocycles. The predicted octanol–water partition coefficient (Wildman–Crippen LogP) is 3.34. The van der Waals surface area contributed by atoms with Crippen LogP contribution in [0.1, 0.15) is 11.6 Å². The molecule has 1 unspecified atom stereocenters. The molecule has 0 spiro atoms. The van der Waals surface area contributed by atoms with Crippen molar-refractivity contribution in [2.75, 3.05) is 62.1 Å². The lowest BCUT2D eigenvalue weighted by Crippen LogP contribution is -2.39. The molecule has 7 heteroatoms. The first kappa shape index (κ1) is 19.6. The van der Waals surface area contributed by atoms with Gasteiger partial charge in [-0.1, -0.05) is 24.3 Å². The van der Waals surface area contributed by atoms with E-state index < -0.39 is 0 Å². The molecule has 0 aromatic heterocycles. The van der Waals surface area contributed by atoms with Gasteiger partial charge in [-0.05, 0) is 24.3 Å². The van der Waals surface area contributed by atoms with Crippen LogP contribution in [0.4, 0.5) is 17.1 Å². The maximum Gasteiger partial charge on any atom is 0.173 e. The number of nitrogens with zero attached hydrogens (tertiary/aromatic N) is 5. The molecular formula is C24H28N6O. The zero-order valence-electron chi connectivity index (χ0n) is 18.0. The maximum absolute atomic E-state index is 5.55. The number of hydrogen-bond acceptors (Lipinski definition) is 7. The van der Waals surface area contributed by atoms with Gasteiger partial charge in [0.2, 0.25) is 0 Å². The van der Waals surface area contributed by atoms with E-state index in [-0.39, 0.29) is 6.04 Å². The van der Waals surface area contributed by atoms with Crippen molar-refractivity contribution in [1.29, 1.82) is 0 Å². The lowest BCUT2D eigenvalue weighted by molar-refractivity contribution is 0.122. The Morgan fingerprint density at radius 1 is 1.06 bits per heavy atom. The summed E-state index contributed by atoms with van der Waals surface area (Å²) < 4.78 is 5.55. The lowest BCUT2D eigenvalue weighted by Gasteiger charge is -2.34. The summed E-state index contributed by atoms with van der Waals surface area (Å²) in [6.07, 6.45) is 3.89. The molecule has 1 saturated heterocycles. The number of para-hydroxylation sites is 1. The molecular weight excluding hydrogens is 388 g/mol. The number of morpholine rings is 1. The minimum absolute atomic E-state index is 0.158. The highest BCUT2D eigenvalue weighted by atomic mass is 16.5. The van der Waals surface area contributed by atoms with Crippen LogP contribution in [0.25, 0.3) is 0 Å². The third kappa shape index (κ3) is 3.88. The van der Waals surface area contributed by atoms with E-state index in [1.165, 1.54) is 11.3 Å². The van der Waals surface area contributed by atoms with Gasteiger partial charge in [0.05, 0.1) is 25.8 Å². The van der Waals surface area contributed by atoms with Crippen LogP contribution in [-0.2, 0) is 4.74 Å². The summed E-state index contributed by atoms with van der Waals surface area (Å²) in [6, 6.07) is 17.1. The average Bonchev–Trinajstić information content (AvgIpc) is 3.25. The fraction of sp³-hybridized carbons (Fsp3) is 0.333. The first-order chi connectivity index (χ1) is 15.2. The standard InChI is InChI=1S/C24H28N6O/c1-28(2)19-7-5-6-18(16-19)27-23-24-26-17-22(30(24)11-10-25-23)20-8-3-4-9-21(20)29-12-14-31-15-13-29/h3-11,16,22H,12-15,17H2,1-2H3,(H,25,27). The van der Waals surface area contributed by atoms with Crippen LogP contribution in [0.3, 0.4) is 0 Å². The number of fused-ring (bicyclic) bond motifs is 1. The molecule has 0 aliphatic carbocycles. The van der Waals surface area contributed by atoms with Crippen molar-refractivity contribution in [1.82, 2.24) is 4.90 Å². The Kier molecular flexibility index (Phi) is 5.34. The highest BCUT2D eigenvalue weighted by molar-refractivity contribution is 6.45. The fourth-order valence-electron chi connectivity index (χ4n) is 4.30. The van der Waals surface area contributed by atoms with Gasteiger partial charge in [0.25, 0.3) is 0 Å². The van der Waals surface area contributed by atoms with Gasteiger partial charge >= 0.3 is 0 Å². The molecule has 3 aliphatic rings. The van der Waals surface area contributed by atoms with E-state index in [0.717, 1.165) is 49.3 Å². The second-order valence-electron chi connectivity index (χ2n) is 8.09. The van der Waals surface area contributed by atoms with Gasteiger partial charge in [-0.3, -0.25) is 4.99 Å². The number of ether oxygens (including phenoxy) is 1. The smallest absolute Gasteiger partial charge is 0.173 e. The van der Waals surface area contributed by atoms with Crippen LogP contribution in [0, 0.1) is 0 Å². The zero-order chi connectivity index (χ0) is 21.2. The second kappa shape index (κ2) is 8.43. The zero-order valence-corrected chi connectivity index (χ0v) is 18.0. The number of hydrogen-bond donors (Lipinski definition) is 1. The predicted molar refractivity (Wildman–Crippen MR) is 127 cm³/mol. The number of anilines is 3. The molecule has 2 aromatic carbocycles. The highest BCUT2D eigenvalue weighted by Gasteiger charge is 2.34. The Morgan fingerprint density at radius 2 is 1.90 bits per heavy atom. The minimum atomic E-state index is 0.158. The Morgan fingerprint density at radius 3 is 2.74 bits per heavy atom. The monoisotopic (exact) mass is 416 g/mol. The Labute approximate surface area is 183 Å². The van der Waals surface area contributed by atoms with E-state index in [1.54, 1.807) is 0 Å². The maximum atomic E-state index is 5.55. The molecule has 7 nitrogen and oxygen atoms in total. The average molecular weight is 417 g/mol. The Hall–Kier alpha value is -3.32. The van der Waals surface area contributed by atoms with Crippen molar-refractivity contribution >= 4 is 28.7 Å². The van der Waals surface area contributed by atoms with Crippen molar-refractivity contribution < 1.29 is 4.74 Å². The highest BCUT2D eigenvalue weighted by Crippen LogP contribution is 2.35. The Balaban J connectivity index is 1.38. The van der Waals surface area contributed by atoms with Crippen molar-refractivity contribution in [3.63, 3.8) is 0 Å². The summed E-state index contributed by atoms with van der Waals surface area (Å²) in [4.78, 5) is 16.2. The van der Waals surface area contributed by atoms with Crippen molar-refractivity contribution in [3.05, 3.63) is 66.5 Å². The topological polar surface area (TPSA) is 55.7 Å². The van der Waals surface area contributed by atoms with Gasteiger partial charge in [-0.15, -0.1) is 0 Å². The van der Waals surface area contributed by atoms with Crippen LogP contribution in [0.15, 0.2) is 70.9 Å². The molecule has 3 aliphatic heterocycles. The van der Waals surface area contributed by atoms with Crippen molar-refractivity contribution in [3.8, 4) is 0 Å². The summed E-state index contributed by atoms with van der Waals surface area (Å²) in [7, 11) is 4.08. The minimum Gasteiger partial charge on any atom is -0.378 e. The molecule has 1 fully saturated rings. The largest absolute Gasteiger partial charge is 0.378 e. The normalized spacial score (nSPS) is 20.3. The summed E-state index contributed by atoms with van der Waals surface area (Å²) in [5, 5.41) is 3.47. The Bertz CT molecular complexity index is 1040. The molecule has 5 rings (SSSR count). The van der Waals surface area contributed by atoms with Crippen LogP contribution in [0.2, 0.25) is 0 Å². The van der Waals surface area contributed by atoms with Crippen molar-refractivity contribution in [2.24, 2.45) is 9.98 Å². The number of amidine groups is 2. The third-order valence-electron chi connectivity index (χ3n) is 5.91. The van der Waals surface area contributed by atoms with Crippen LogP contribution < -0.4 is 15.1 Å². The van der Waals surface area contributed by atoms with Gasteiger partial charge in [0.15, 0.2) is 11.7 Å². The molecule has 3 heterocycles. The molecule has 2 aromatic rings. The molecule has 0 bridgehead atoms. The molecule has 0 amide bonds. The first-order valence-electron chi connectivity index (χ1n) is 10.7. The fourth-order valence-corrected chi connectivity index (χ4v) is 4.30. The summed E-state index contributed by atoms with van der Waals surface area (Å²) >= 11 is 0. The first-order valence-corrected chi connectivity index (χ1v) is 10.7. The van der Waals surface area contributed by atoms with E-state index in [2.05, 4.69) is 67.5 Å². The number of rotatable bonds is 4. The second-order valence-corrected chi connectivity index (χ2v) is 8.09.